The van der Waals surface area contributed by atoms with Crippen LogP contribution in [0.4, 0.5) is 5.13 Å². The molecule has 2 aliphatic heterocycles. The SMILES string of the molecule is CCCCCOc1ccc(C2/C(=C(\O)c3ccc4c(c3)CC(C)O4)C(=O)C(=O)N2c2nc3c(C)cc(C)cc3s2)cc1. The minimum Gasteiger partial charge on any atom is -0.507 e. The van der Waals surface area contributed by atoms with Crippen molar-refractivity contribution in [1.82, 2.24) is 4.98 Å². The van der Waals surface area contributed by atoms with E-state index in [4.69, 9.17) is 14.5 Å². The highest BCUT2D eigenvalue weighted by Crippen LogP contribution is 2.45. The molecule has 1 fully saturated rings. The Bertz CT molecular complexity index is 1720. The Morgan fingerprint density at radius 2 is 1.88 bits per heavy atom. The van der Waals surface area contributed by atoms with Gasteiger partial charge in [-0.15, -0.1) is 0 Å². The van der Waals surface area contributed by atoms with Crippen molar-refractivity contribution in [2.45, 2.75) is 65.5 Å². The number of carbonyl (C=O) groups excluding carboxylic acids is 2. The molecule has 216 valence electrons. The third-order valence-electron chi connectivity index (χ3n) is 7.85. The Kier molecular flexibility index (Phi) is 7.49. The van der Waals surface area contributed by atoms with Gasteiger partial charge in [0.2, 0.25) is 0 Å². The van der Waals surface area contributed by atoms with Crippen molar-refractivity contribution in [3.63, 3.8) is 0 Å². The number of aliphatic hydroxyl groups excluding tert-OH is 1. The van der Waals surface area contributed by atoms with Gasteiger partial charge in [0.25, 0.3) is 5.78 Å². The summed E-state index contributed by atoms with van der Waals surface area (Å²) in [6.07, 6.45) is 3.93. The van der Waals surface area contributed by atoms with E-state index in [1.54, 1.807) is 6.07 Å². The van der Waals surface area contributed by atoms with Crippen molar-refractivity contribution in [2.24, 2.45) is 0 Å². The van der Waals surface area contributed by atoms with E-state index in [-0.39, 0.29) is 17.4 Å². The molecule has 6 rings (SSSR count). The summed E-state index contributed by atoms with van der Waals surface area (Å²) in [5.74, 6) is -0.185. The van der Waals surface area contributed by atoms with E-state index in [2.05, 4.69) is 13.0 Å². The standard InChI is InChI=1S/C34H34N2O5S/c1-5-6-7-14-40-25-11-8-22(9-12-25)30-28(31(37)23-10-13-26-24(18-23)17-21(4)41-26)32(38)33(39)36(30)34-35-29-20(3)15-19(2)16-27(29)42-34/h8-13,15-16,18,21,30,37H,5-7,14,17H2,1-4H3/b31-28+. The molecule has 0 aliphatic carbocycles. The molecule has 0 radical (unpaired) electrons. The molecule has 1 N–H and O–H groups in total. The molecule has 4 aromatic rings. The average molecular weight is 583 g/mol. The number of aliphatic hydroxyl groups is 1. The number of amides is 1. The molecule has 0 saturated carbocycles. The number of unbranched alkanes of at least 4 members (excludes halogenated alkanes) is 2. The summed E-state index contributed by atoms with van der Waals surface area (Å²) in [7, 11) is 0. The quantitative estimate of drug-likeness (QED) is 0.101. The largest absolute Gasteiger partial charge is 0.507 e. The summed E-state index contributed by atoms with van der Waals surface area (Å²) in [6.45, 7) is 8.77. The van der Waals surface area contributed by atoms with Gasteiger partial charge in [-0.1, -0.05) is 49.3 Å². The van der Waals surface area contributed by atoms with Gasteiger partial charge in [-0.25, -0.2) is 4.98 Å². The highest BCUT2D eigenvalue weighted by molar-refractivity contribution is 7.22. The molecule has 0 spiro atoms. The van der Waals surface area contributed by atoms with Gasteiger partial charge in [0.1, 0.15) is 23.4 Å². The van der Waals surface area contributed by atoms with Crippen molar-refractivity contribution in [2.75, 3.05) is 11.5 Å². The number of rotatable bonds is 8. The number of anilines is 1. The molecule has 8 heteroatoms. The predicted molar refractivity (Wildman–Crippen MR) is 166 cm³/mol. The second-order valence-corrected chi connectivity index (χ2v) is 12.2. The molecule has 7 nitrogen and oxygen atoms in total. The first kappa shape index (κ1) is 28.0. The summed E-state index contributed by atoms with van der Waals surface area (Å²) >= 11 is 1.37. The Hall–Kier alpha value is -4.17. The van der Waals surface area contributed by atoms with Crippen molar-refractivity contribution in [3.05, 3.63) is 88.0 Å². The van der Waals surface area contributed by atoms with Gasteiger partial charge in [-0.05, 0) is 85.8 Å². The molecule has 2 unspecified atom stereocenters. The van der Waals surface area contributed by atoms with Crippen LogP contribution < -0.4 is 14.4 Å². The number of hydrogen-bond donors (Lipinski definition) is 1. The summed E-state index contributed by atoms with van der Waals surface area (Å²) in [5, 5.41) is 12.1. The van der Waals surface area contributed by atoms with E-state index in [0.717, 1.165) is 51.9 Å². The second-order valence-electron chi connectivity index (χ2n) is 11.2. The monoisotopic (exact) mass is 582 g/mol. The molecule has 0 bridgehead atoms. The van der Waals surface area contributed by atoms with Crippen molar-refractivity contribution in [3.8, 4) is 11.5 Å². The number of nitrogens with zero attached hydrogens (tertiary/aromatic N) is 2. The number of thiazole rings is 1. The van der Waals surface area contributed by atoms with Crippen LogP contribution in [0.2, 0.25) is 0 Å². The van der Waals surface area contributed by atoms with E-state index in [1.807, 2.05) is 63.2 Å². The number of ketones is 1. The lowest BCUT2D eigenvalue weighted by molar-refractivity contribution is -0.132. The highest BCUT2D eigenvalue weighted by Gasteiger charge is 2.48. The Morgan fingerprint density at radius 3 is 2.64 bits per heavy atom. The van der Waals surface area contributed by atoms with Crippen LogP contribution in [0.5, 0.6) is 11.5 Å². The molecule has 2 atom stereocenters. The van der Waals surface area contributed by atoms with Gasteiger partial charge in [0.15, 0.2) is 5.13 Å². The van der Waals surface area contributed by atoms with Crippen LogP contribution >= 0.6 is 11.3 Å². The van der Waals surface area contributed by atoms with Gasteiger partial charge in [0.05, 0.1) is 28.4 Å². The first-order valence-electron chi connectivity index (χ1n) is 14.5. The third kappa shape index (κ3) is 5.04. The van der Waals surface area contributed by atoms with Crippen molar-refractivity contribution >= 4 is 44.1 Å². The van der Waals surface area contributed by atoms with Gasteiger partial charge in [-0.3, -0.25) is 14.5 Å². The van der Waals surface area contributed by atoms with Crippen LogP contribution in [0, 0.1) is 13.8 Å². The Morgan fingerprint density at radius 1 is 1.10 bits per heavy atom. The number of carbonyl (C=O) groups is 2. The lowest BCUT2D eigenvalue weighted by atomic mass is 9.94. The number of Topliss-reactive ketones (excluding diaryl/α,β-unsaturated/α-hetero) is 1. The number of aromatic nitrogens is 1. The summed E-state index contributed by atoms with van der Waals surface area (Å²) in [5.41, 5.74) is 5.04. The zero-order valence-corrected chi connectivity index (χ0v) is 25.1. The second kappa shape index (κ2) is 11.2. The minimum atomic E-state index is -0.857. The number of benzene rings is 3. The fraction of sp³-hybridized carbons (Fsp3) is 0.324. The smallest absolute Gasteiger partial charge is 0.301 e. The fourth-order valence-corrected chi connectivity index (χ4v) is 6.99. The van der Waals surface area contributed by atoms with Gasteiger partial charge in [-0.2, -0.15) is 0 Å². The topological polar surface area (TPSA) is 89.0 Å². The average Bonchev–Trinajstić information content (AvgIpc) is 3.63. The van der Waals surface area contributed by atoms with Crippen LogP contribution in [0.1, 0.15) is 67.0 Å². The lowest BCUT2D eigenvalue weighted by Gasteiger charge is -2.23. The van der Waals surface area contributed by atoms with Gasteiger partial charge < -0.3 is 14.6 Å². The Labute approximate surface area is 249 Å². The van der Waals surface area contributed by atoms with E-state index in [1.165, 1.54) is 16.2 Å². The maximum Gasteiger partial charge on any atom is 0.301 e. The zero-order chi connectivity index (χ0) is 29.5. The molecule has 1 saturated heterocycles. The van der Waals surface area contributed by atoms with Crippen molar-refractivity contribution in [1.29, 1.82) is 0 Å². The van der Waals surface area contributed by atoms with E-state index in [0.29, 0.717) is 35.0 Å². The normalized spacial score (nSPS) is 19.4. The third-order valence-corrected chi connectivity index (χ3v) is 8.85. The van der Waals surface area contributed by atoms with E-state index >= 15 is 0 Å². The molecular formula is C34H34N2O5S. The maximum atomic E-state index is 13.7. The van der Waals surface area contributed by atoms with Crippen LogP contribution in [-0.2, 0) is 16.0 Å². The molecular weight excluding hydrogens is 548 g/mol. The molecule has 3 heterocycles. The van der Waals surface area contributed by atoms with Gasteiger partial charge in [0, 0.05) is 12.0 Å². The van der Waals surface area contributed by atoms with E-state index in [9.17, 15) is 14.7 Å². The van der Waals surface area contributed by atoms with Crippen molar-refractivity contribution < 1.29 is 24.2 Å². The summed E-state index contributed by atoms with van der Waals surface area (Å²) in [4.78, 5) is 33.7. The Balaban J connectivity index is 1.45. The predicted octanol–water partition coefficient (Wildman–Crippen LogP) is 7.43. The van der Waals surface area contributed by atoms with Crippen LogP contribution in [0.25, 0.3) is 16.0 Å². The molecule has 3 aromatic carbocycles. The summed E-state index contributed by atoms with van der Waals surface area (Å²) in [6, 6.07) is 16.0. The lowest BCUT2D eigenvalue weighted by Crippen LogP contribution is -2.29. The fourth-order valence-electron chi connectivity index (χ4n) is 5.82. The minimum absolute atomic E-state index is 0.0377. The molecule has 42 heavy (non-hydrogen) atoms. The number of hydrogen-bond acceptors (Lipinski definition) is 7. The van der Waals surface area contributed by atoms with Crippen LogP contribution in [0.3, 0.4) is 0 Å². The molecule has 2 aliphatic rings. The highest BCUT2D eigenvalue weighted by atomic mass is 32.1. The first-order valence-corrected chi connectivity index (χ1v) is 15.3. The van der Waals surface area contributed by atoms with Crippen LogP contribution in [-0.4, -0.2) is 34.5 Å². The molecule has 1 aromatic heterocycles. The van der Waals surface area contributed by atoms with Crippen LogP contribution in [0.15, 0.2) is 60.2 Å². The number of aryl methyl sites for hydroxylation is 2. The maximum absolute atomic E-state index is 13.7. The van der Waals surface area contributed by atoms with Gasteiger partial charge >= 0.3 is 5.91 Å². The first-order chi connectivity index (χ1) is 20.2. The zero-order valence-electron chi connectivity index (χ0n) is 24.3. The number of ether oxygens (including phenoxy) is 2. The van der Waals surface area contributed by atoms with E-state index < -0.39 is 17.7 Å². The molecule has 1 amide bonds. The summed E-state index contributed by atoms with van der Waals surface area (Å²) < 4.78 is 12.7. The number of fused-ring (bicyclic) bond motifs is 2.